The lowest BCUT2D eigenvalue weighted by atomic mass is 9.83. The number of carbonyl (C=O) groups is 3. The van der Waals surface area contributed by atoms with E-state index in [4.69, 9.17) is 28.5 Å². The van der Waals surface area contributed by atoms with Crippen LogP contribution in [0.1, 0.15) is 48.0 Å². The van der Waals surface area contributed by atoms with Gasteiger partial charge >= 0.3 is 17.9 Å². The third kappa shape index (κ3) is 5.11. The molecule has 3 saturated heterocycles. The van der Waals surface area contributed by atoms with Crippen LogP contribution in [0.25, 0.3) is 0 Å². The van der Waals surface area contributed by atoms with Crippen LogP contribution in [0.15, 0.2) is 0 Å². The fourth-order valence-corrected chi connectivity index (χ4v) is 4.42. The minimum absolute atomic E-state index is 0.162. The predicted octanol–water partition coefficient (Wildman–Crippen LogP) is 0.957. The van der Waals surface area contributed by atoms with E-state index < -0.39 is 48.4 Å². The Hall–Kier alpha value is -1.75. The fraction of sp³-hybridized carbons (Fsp3) is 0.850. The van der Waals surface area contributed by atoms with E-state index in [-0.39, 0.29) is 24.4 Å². The van der Waals surface area contributed by atoms with Crippen molar-refractivity contribution in [3.63, 3.8) is 0 Å². The Labute approximate surface area is 176 Å². The molecule has 0 aromatic rings. The van der Waals surface area contributed by atoms with Crippen molar-refractivity contribution in [1.82, 2.24) is 5.06 Å². The van der Waals surface area contributed by atoms with Gasteiger partial charge in [0.05, 0.1) is 23.7 Å². The summed E-state index contributed by atoms with van der Waals surface area (Å²) in [5.41, 5.74) is -0.377. The van der Waals surface area contributed by atoms with Gasteiger partial charge in [-0.1, -0.05) is 0 Å². The maximum Gasteiger partial charge on any atom is 0.303 e. The Bertz CT molecular complexity index is 676. The van der Waals surface area contributed by atoms with Crippen molar-refractivity contribution < 1.29 is 42.9 Å². The van der Waals surface area contributed by atoms with E-state index in [0.717, 1.165) is 6.42 Å². The minimum Gasteiger partial charge on any atom is -0.463 e. The average Bonchev–Trinajstić information content (AvgIpc) is 3.12. The number of rotatable bonds is 5. The van der Waals surface area contributed by atoms with Crippen LogP contribution in [0.2, 0.25) is 0 Å². The Morgan fingerprint density at radius 2 is 1.63 bits per heavy atom. The van der Waals surface area contributed by atoms with Crippen molar-refractivity contribution in [2.24, 2.45) is 5.92 Å². The molecule has 0 amide bonds. The SMILES string of the molecule is CC(=O)OC[C@H]1O[C@@H]2ON3CC[C@H](OC(C)(C)C)[C@@H]3[C@@H]2[C@@H](OC(C)=O)[C@H]1OC(C)=O. The molecule has 7 atom stereocenters. The Morgan fingerprint density at radius 3 is 2.20 bits per heavy atom. The first-order valence-electron chi connectivity index (χ1n) is 10.2. The first-order chi connectivity index (χ1) is 14.0. The van der Waals surface area contributed by atoms with Gasteiger partial charge in [-0.2, -0.15) is 5.06 Å². The molecule has 10 nitrogen and oxygen atoms in total. The van der Waals surface area contributed by atoms with E-state index in [2.05, 4.69) is 0 Å². The number of fused-ring (bicyclic) bond motifs is 3. The van der Waals surface area contributed by atoms with E-state index >= 15 is 0 Å². The molecule has 3 fully saturated rings. The standard InChI is InChI=1S/C20H31NO9/c1-10(22)25-9-14-17(26-11(2)23)18(27-12(3)24)15-16-13(29-20(4,5)6)7-8-21(16)30-19(15)28-14/h13-19H,7-9H2,1-6H3/t13-,14+,15+,16+,17-,18+,19+/m0/s1. The van der Waals surface area contributed by atoms with E-state index in [1.54, 1.807) is 5.06 Å². The number of ether oxygens (including phenoxy) is 5. The van der Waals surface area contributed by atoms with E-state index in [1.165, 1.54) is 20.8 Å². The van der Waals surface area contributed by atoms with Gasteiger partial charge in [-0.3, -0.25) is 19.2 Å². The molecule has 0 N–H and O–H groups in total. The third-order valence-electron chi connectivity index (χ3n) is 5.23. The lowest BCUT2D eigenvalue weighted by Gasteiger charge is -2.43. The molecule has 30 heavy (non-hydrogen) atoms. The van der Waals surface area contributed by atoms with E-state index in [0.29, 0.717) is 6.54 Å². The van der Waals surface area contributed by atoms with Crippen molar-refractivity contribution in [1.29, 1.82) is 0 Å². The number of esters is 3. The highest BCUT2D eigenvalue weighted by molar-refractivity contribution is 5.67. The van der Waals surface area contributed by atoms with Gasteiger partial charge in [0.2, 0.25) is 0 Å². The van der Waals surface area contributed by atoms with Crippen LogP contribution in [-0.2, 0) is 42.9 Å². The highest BCUT2D eigenvalue weighted by Crippen LogP contribution is 2.45. The number of hydroxylamine groups is 2. The Balaban J connectivity index is 1.91. The molecule has 0 spiro atoms. The second-order valence-electron chi connectivity index (χ2n) is 8.86. The second-order valence-corrected chi connectivity index (χ2v) is 8.86. The van der Waals surface area contributed by atoms with Gasteiger partial charge in [0, 0.05) is 27.3 Å². The number of hydrogen-bond acceptors (Lipinski definition) is 10. The molecule has 3 aliphatic heterocycles. The molecule has 0 aromatic heterocycles. The molecule has 0 saturated carbocycles. The summed E-state index contributed by atoms with van der Waals surface area (Å²) < 4.78 is 28.5. The zero-order valence-corrected chi connectivity index (χ0v) is 18.3. The molecule has 0 bridgehead atoms. The van der Waals surface area contributed by atoms with Gasteiger partial charge < -0.3 is 23.7 Å². The predicted molar refractivity (Wildman–Crippen MR) is 101 cm³/mol. The van der Waals surface area contributed by atoms with Gasteiger partial charge in [0.15, 0.2) is 18.5 Å². The summed E-state index contributed by atoms with van der Waals surface area (Å²) in [6.45, 7) is 10.2. The van der Waals surface area contributed by atoms with Crippen molar-refractivity contribution in [3.05, 3.63) is 0 Å². The summed E-state index contributed by atoms with van der Waals surface area (Å²) in [5, 5.41) is 1.79. The Morgan fingerprint density at radius 1 is 1.00 bits per heavy atom. The summed E-state index contributed by atoms with van der Waals surface area (Å²) in [5.74, 6) is -2.02. The molecule has 3 rings (SSSR count). The number of hydrogen-bond donors (Lipinski definition) is 0. The molecule has 3 aliphatic rings. The second kappa shape index (κ2) is 8.78. The maximum absolute atomic E-state index is 11.9. The zero-order chi connectivity index (χ0) is 22.2. The van der Waals surface area contributed by atoms with E-state index in [1.807, 2.05) is 20.8 Å². The van der Waals surface area contributed by atoms with E-state index in [9.17, 15) is 14.4 Å². The molecule has 10 heteroatoms. The highest BCUT2D eigenvalue weighted by Gasteiger charge is 2.62. The summed E-state index contributed by atoms with van der Waals surface area (Å²) in [7, 11) is 0. The average molecular weight is 429 g/mol. The fourth-order valence-electron chi connectivity index (χ4n) is 4.42. The lowest BCUT2D eigenvalue weighted by molar-refractivity contribution is -0.301. The van der Waals surface area contributed by atoms with Crippen LogP contribution in [0.4, 0.5) is 0 Å². The summed E-state index contributed by atoms with van der Waals surface area (Å²) in [4.78, 5) is 41.0. The van der Waals surface area contributed by atoms with Crippen molar-refractivity contribution in [2.75, 3.05) is 13.2 Å². The first-order valence-corrected chi connectivity index (χ1v) is 10.2. The number of carbonyl (C=O) groups excluding carboxylic acids is 3. The Kier molecular flexibility index (Phi) is 6.71. The number of nitrogens with zero attached hydrogens (tertiary/aromatic N) is 1. The van der Waals surface area contributed by atoms with Crippen molar-refractivity contribution >= 4 is 17.9 Å². The van der Waals surface area contributed by atoms with Gasteiger partial charge in [-0.05, 0) is 27.2 Å². The summed E-state index contributed by atoms with van der Waals surface area (Å²) >= 11 is 0. The molecule has 0 unspecified atom stereocenters. The van der Waals surface area contributed by atoms with Crippen LogP contribution in [0, 0.1) is 5.92 Å². The third-order valence-corrected chi connectivity index (χ3v) is 5.23. The van der Waals surface area contributed by atoms with Gasteiger partial charge in [-0.15, -0.1) is 0 Å². The van der Waals surface area contributed by atoms with Gasteiger partial charge in [-0.25, -0.2) is 0 Å². The van der Waals surface area contributed by atoms with Crippen LogP contribution in [0.5, 0.6) is 0 Å². The van der Waals surface area contributed by atoms with Crippen LogP contribution in [-0.4, -0.2) is 78.5 Å². The molecule has 0 radical (unpaired) electrons. The lowest BCUT2D eigenvalue weighted by Crippen LogP contribution is -2.60. The summed E-state index contributed by atoms with van der Waals surface area (Å²) in [6, 6.07) is -0.244. The van der Waals surface area contributed by atoms with Gasteiger partial charge in [0.1, 0.15) is 12.7 Å². The molecule has 170 valence electrons. The van der Waals surface area contributed by atoms with Crippen LogP contribution >= 0.6 is 0 Å². The molecular weight excluding hydrogens is 398 g/mol. The van der Waals surface area contributed by atoms with Crippen molar-refractivity contribution in [3.8, 4) is 0 Å². The van der Waals surface area contributed by atoms with Crippen molar-refractivity contribution in [2.45, 2.75) is 90.3 Å². The first kappa shape index (κ1) is 22.9. The summed E-state index contributed by atoms with van der Waals surface area (Å²) in [6.07, 6.45) is -2.82. The molecular formula is C20H31NO9. The molecule has 0 aromatic carbocycles. The van der Waals surface area contributed by atoms with Crippen LogP contribution in [0.3, 0.4) is 0 Å². The minimum atomic E-state index is -0.952. The highest BCUT2D eigenvalue weighted by atomic mass is 16.8. The molecule has 3 heterocycles. The topological polar surface area (TPSA) is 110 Å². The monoisotopic (exact) mass is 429 g/mol. The smallest absolute Gasteiger partial charge is 0.303 e. The van der Waals surface area contributed by atoms with Crippen LogP contribution < -0.4 is 0 Å². The largest absolute Gasteiger partial charge is 0.463 e. The normalized spacial score (nSPS) is 36.0. The maximum atomic E-state index is 11.9. The van der Waals surface area contributed by atoms with Gasteiger partial charge in [0.25, 0.3) is 0 Å². The quantitative estimate of drug-likeness (QED) is 0.463. The molecule has 0 aliphatic carbocycles. The zero-order valence-electron chi connectivity index (χ0n) is 18.3.